The third-order valence-electron chi connectivity index (χ3n) is 4.85. The van der Waals surface area contributed by atoms with Gasteiger partial charge in [0.05, 0.1) is 20.3 Å². The number of methoxy groups -OCH3 is 1. The van der Waals surface area contributed by atoms with Gasteiger partial charge in [0, 0.05) is 16.8 Å². The first-order valence-corrected chi connectivity index (χ1v) is 11.0. The van der Waals surface area contributed by atoms with Gasteiger partial charge in [0.25, 0.3) is 5.91 Å². The Balaban J connectivity index is 1.56. The third-order valence-corrected chi connectivity index (χ3v) is 4.85. The van der Waals surface area contributed by atoms with Gasteiger partial charge in [0.15, 0.2) is 0 Å². The molecular formula is C26H33NO5. The molecule has 0 aliphatic rings. The molecule has 0 unspecified atom stereocenters. The van der Waals surface area contributed by atoms with Crippen molar-refractivity contribution in [1.82, 2.24) is 0 Å². The predicted molar refractivity (Wildman–Crippen MR) is 126 cm³/mol. The number of carbonyl (C=O) groups excluding carboxylic acids is 2. The highest BCUT2D eigenvalue weighted by Gasteiger charge is 2.07. The minimum Gasteiger partial charge on any atom is -0.497 e. The maximum atomic E-state index is 12.4. The maximum Gasteiger partial charge on any atom is 0.333 e. The fraction of sp³-hybridized carbons (Fsp3) is 0.385. The number of carbonyl (C=O) groups is 2. The van der Waals surface area contributed by atoms with Gasteiger partial charge < -0.3 is 19.5 Å². The van der Waals surface area contributed by atoms with E-state index >= 15 is 0 Å². The van der Waals surface area contributed by atoms with Crippen molar-refractivity contribution in [3.8, 4) is 11.5 Å². The van der Waals surface area contributed by atoms with Crippen LogP contribution >= 0.6 is 0 Å². The minimum atomic E-state index is -0.312. The molecule has 0 atom stereocenters. The molecule has 32 heavy (non-hydrogen) atoms. The van der Waals surface area contributed by atoms with Crippen molar-refractivity contribution in [2.24, 2.45) is 0 Å². The van der Waals surface area contributed by atoms with Crippen LogP contribution in [0.5, 0.6) is 11.5 Å². The zero-order valence-corrected chi connectivity index (χ0v) is 19.0. The number of hydrogen-bond donors (Lipinski definition) is 1. The molecule has 2 rings (SSSR count). The molecule has 0 spiro atoms. The Morgan fingerprint density at radius 3 is 1.97 bits per heavy atom. The van der Waals surface area contributed by atoms with E-state index in [0.29, 0.717) is 30.0 Å². The van der Waals surface area contributed by atoms with Crippen molar-refractivity contribution in [2.45, 2.75) is 45.4 Å². The Labute approximate surface area is 190 Å². The van der Waals surface area contributed by atoms with E-state index in [-0.39, 0.29) is 11.9 Å². The maximum absolute atomic E-state index is 12.4. The lowest BCUT2D eigenvalue weighted by Crippen LogP contribution is -2.11. The average molecular weight is 440 g/mol. The van der Waals surface area contributed by atoms with Gasteiger partial charge in [-0.1, -0.05) is 32.3 Å². The van der Waals surface area contributed by atoms with Crippen molar-refractivity contribution in [2.75, 3.05) is 25.6 Å². The molecule has 172 valence electrons. The Bertz CT molecular complexity index is 859. The summed E-state index contributed by atoms with van der Waals surface area (Å²) < 4.78 is 16.0. The second-order valence-corrected chi connectivity index (χ2v) is 7.59. The van der Waals surface area contributed by atoms with Crippen LogP contribution in [0.4, 0.5) is 5.69 Å². The highest BCUT2D eigenvalue weighted by molar-refractivity contribution is 6.04. The van der Waals surface area contributed by atoms with Crippen LogP contribution in [-0.2, 0) is 9.53 Å². The average Bonchev–Trinajstić information content (AvgIpc) is 2.80. The van der Waals surface area contributed by atoms with Gasteiger partial charge in [0.2, 0.25) is 0 Å². The SMILES string of the molecule is C=C(C)C(=O)OCCCCCCCCOc1ccc(C(=O)Nc2ccc(OC)cc2)cc1. The Morgan fingerprint density at radius 1 is 0.812 bits per heavy atom. The fourth-order valence-corrected chi connectivity index (χ4v) is 2.97. The molecule has 2 aromatic rings. The Kier molecular flexibility index (Phi) is 10.9. The summed E-state index contributed by atoms with van der Waals surface area (Å²) in [5, 5.41) is 2.86. The number of rotatable bonds is 14. The number of ether oxygens (including phenoxy) is 3. The molecule has 0 heterocycles. The molecular weight excluding hydrogens is 406 g/mol. The lowest BCUT2D eigenvalue weighted by molar-refractivity contribution is -0.139. The van der Waals surface area contributed by atoms with Crippen molar-refractivity contribution in [3.63, 3.8) is 0 Å². The van der Waals surface area contributed by atoms with E-state index in [0.717, 1.165) is 50.0 Å². The summed E-state index contributed by atoms with van der Waals surface area (Å²) in [5.74, 6) is 1.01. The molecule has 0 aliphatic heterocycles. The van der Waals surface area contributed by atoms with Gasteiger partial charge in [-0.15, -0.1) is 0 Å². The third kappa shape index (κ3) is 9.25. The molecule has 0 aromatic heterocycles. The predicted octanol–water partition coefficient (Wildman–Crippen LogP) is 5.79. The van der Waals surface area contributed by atoms with E-state index in [1.54, 1.807) is 50.4 Å². The van der Waals surface area contributed by atoms with Gasteiger partial charge >= 0.3 is 5.97 Å². The van der Waals surface area contributed by atoms with Gasteiger partial charge in [-0.2, -0.15) is 0 Å². The zero-order valence-electron chi connectivity index (χ0n) is 19.0. The standard InChI is InChI=1S/C26H33NO5/c1-20(2)26(29)32-19-9-7-5-4-6-8-18-31-24-14-10-21(11-15-24)25(28)27-22-12-16-23(30-3)17-13-22/h10-17H,1,4-9,18-19H2,2-3H3,(H,27,28). The van der Waals surface area contributed by atoms with Gasteiger partial charge in [0.1, 0.15) is 11.5 Å². The van der Waals surface area contributed by atoms with Crippen molar-refractivity contribution >= 4 is 17.6 Å². The molecule has 0 saturated carbocycles. The second-order valence-electron chi connectivity index (χ2n) is 7.59. The fourth-order valence-electron chi connectivity index (χ4n) is 2.97. The summed E-state index contributed by atoms with van der Waals surface area (Å²) in [6, 6.07) is 14.3. The summed E-state index contributed by atoms with van der Waals surface area (Å²) in [5.41, 5.74) is 1.72. The molecule has 6 nitrogen and oxygen atoms in total. The first kappa shape index (κ1) is 25.0. The van der Waals surface area contributed by atoms with Gasteiger partial charge in [-0.25, -0.2) is 4.79 Å². The molecule has 2 aromatic carbocycles. The van der Waals surface area contributed by atoms with Crippen LogP contribution < -0.4 is 14.8 Å². The van der Waals surface area contributed by atoms with E-state index in [9.17, 15) is 9.59 Å². The number of esters is 1. The molecule has 0 aliphatic carbocycles. The van der Waals surface area contributed by atoms with Crippen LogP contribution in [-0.4, -0.2) is 32.2 Å². The van der Waals surface area contributed by atoms with E-state index in [1.807, 2.05) is 12.1 Å². The molecule has 6 heteroatoms. The number of unbranched alkanes of at least 4 members (excludes halogenated alkanes) is 5. The lowest BCUT2D eigenvalue weighted by atomic mass is 10.1. The van der Waals surface area contributed by atoms with E-state index in [2.05, 4.69) is 11.9 Å². The molecule has 0 bridgehead atoms. The summed E-state index contributed by atoms with van der Waals surface area (Å²) in [6.07, 6.45) is 6.24. The number of nitrogens with one attached hydrogen (secondary N) is 1. The van der Waals surface area contributed by atoms with Crippen molar-refractivity contribution in [3.05, 3.63) is 66.2 Å². The van der Waals surface area contributed by atoms with E-state index < -0.39 is 0 Å². The summed E-state index contributed by atoms with van der Waals surface area (Å²) in [7, 11) is 1.60. The van der Waals surface area contributed by atoms with Crippen molar-refractivity contribution < 1.29 is 23.8 Å². The molecule has 0 saturated heterocycles. The second kappa shape index (κ2) is 13.9. The van der Waals surface area contributed by atoms with Crippen LogP contribution in [0.1, 0.15) is 55.8 Å². The molecule has 0 fully saturated rings. The van der Waals surface area contributed by atoms with E-state index in [1.165, 1.54) is 0 Å². The van der Waals surface area contributed by atoms with Crippen LogP contribution in [0.15, 0.2) is 60.7 Å². The molecule has 1 amide bonds. The quantitative estimate of drug-likeness (QED) is 0.229. The molecule has 1 N–H and O–H groups in total. The summed E-state index contributed by atoms with van der Waals surface area (Å²) in [6.45, 7) is 6.32. The number of amides is 1. The first-order chi connectivity index (χ1) is 15.5. The highest BCUT2D eigenvalue weighted by atomic mass is 16.5. The van der Waals surface area contributed by atoms with Crippen LogP contribution in [0.25, 0.3) is 0 Å². The monoisotopic (exact) mass is 439 g/mol. The minimum absolute atomic E-state index is 0.170. The topological polar surface area (TPSA) is 73.9 Å². The number of hydrogen-bond acceptors (Lipinski definition) is 5. The van der Waals surface area contributed by atoms with Gasteiger partial charge in [-0.05, 0) is 68.3 Å². The summed E-state index contributed by atoms with van der Waals surface area (Å²) in [4.78, 5) is 23.6. The van der Waals surface area contributed by atoms with Crippen LogP contribution in [0, 0.1) is 0 Å². The largest absolute Gasteiger partial charge is 0.497 e. The number of benzene rings is 2. The normalized spacial score (nSPS) is 10.3. The zero-order chi connectivity index (χ0) is 23.2. The van der Waals surface area contributed by atoms with Crippen LogP contribution in [0.3, 0.4) is 0 Å². The van der Waals surface area contributed by atoms with Gasteiger partial charge in [-0.3, -0.25) is 4.79 Å². The Morgan fingerprint density at radius 2 is 1.38 bits per heavy atom. The lowest BCUT2D eigenvalue weighted by Gasteiger charge is -2.09. The van der Waals surface area contributed by atoms with E-state index in [4.69, 9.17) is 14.2 Å². The smallest absolute Gasteiger partial charge is 0.333 e. The molecule has 0 radical (unpaired) electrons. The van der Waals surface area contributed by atoms with Crippen molar-refractivity contribution in [1.29, 1.82) is 0 Å². The Hall–Kier alpha value is -3.28. The van der Waals surface area contributed by atoms with Crippen LogP contribution in [0.2, 0.25) is 0 Å². The first-order valence-electron chi connectivity index (χ1n) is 11.0. The number of anilines is 1. The highest BCUT2D eigenvalue weighted by Crippen LogP contribution is 2.18. The summed E-state index contributed by atoms with van der Waals surface area (Å²) >= 11 is 0.